The first kappa shape index (κ1) is 15.9. The van der Waals surface area contributed by atoms with Crippen LogP contribution in [0.25, 0.3) is 0 Å². The lowest BCUT2D eigenvalue weighted by Gasteiger charge is -2.14. The van der Waals surface area contributed by atoms with Gasteiger partial charge in [0.2, 0.25) is 0 Å². The Balaban J connectivity index is 1.72. The van der Waals surface area contributed by atoms with E-state index in [0.717, 1.165) is 24.3 Å². The van der Waals surface area contributed by atoms with Crippen molar-refractivity contribution in [3.8, 4) is 0 Å². The van der Waals surface area contributed by atoms with Crippen molar-refractivity contribution in [3.63, 3.8) is 0 Å². The van der Waals surface area contributed by atoms with E-state index in [1.54, 1.807) is 18.2 Å². The number of rotatable bonds is 3. The van der Waals surface area contributed by atoms with E-state index < -0.39 is 23.8 Å². The Labute approximate surface area is 133 Å². The average molecular weight is 334 g/mol. The predicted molar refractivity (Wildman–Crippen MR) is 75.2 cm³/mol. The molecule has 0 unspecified atom stereocenters. The van der Waals surface area contributed by atoms with Crippen LogP contribution in [0, 0.1) is 0 Å². The number of esters is 2. The number of hydrogen-bond acceptors (Lipinski definition) is 5. The van der Waals surface area contributed by atoms with Gasteiger partial charge >= 0.3 is 23.8 Å². The van der Waals surface area contributed by atoms with Gasteiger partial charge in [-0.2, -0.15) is 13.2 Å². The van der Waals surface area contributed by atoms with Crippen molar-refractivity contribution in [2.75, 3.05) is 0 Å². The van der Waals surface area contributed by atoms with Crippen LogP contribution in [0.3, 0.4) is 0 Å². The molecule has 0 bridgehead atoms. The summed E-state index contributed by atoms with van der Waals surface area (Å²) >= 11 is 0. The van der Waals surface area contributed by atoms with E-state index in [0.29, 0.717) is 0 Å². The second kappa shape index (κ2) is 5.55. The number of halogens is 3. The van der Waals surface area contributed by atoms with Gasteiger partial charge in [0.05, 0.1) is 11.1 Å². The molecule has 0 aliphatic carbocycles. The van der Waals surface area contributed by atoms with E-state index >= 15 is 0 Å². The largest absolute Gasteiger partial charge is 0.442 e. The van der Waals surface area contributed by atoms with Gasteiger partial charge in [0.25, 0.3) is 0 Å². The van der Waals surface area contributed by atoms with Crippen LogP contribution in [0.1, 0.15) is 26.3 Å². The first-order valence-electron chi connectivity index (χ1n) is 6.76. The highest BCUT2D eigenvalue weighted by Gasteiger charge is 2.65. The molecule has 1 aliphatic rings. The molecule has 2 aromatic carbocycles. The van der Waals surface area contributed by atoms with Gasteiger partial charge in [0, 0.05) is 5.56 Å². The van der Waals surface area contributed by atoms with Gasteiger partial charge in [-0.25, -0.2) is 9.59 Å². The first-order valence-corrected chi connectivity index (χ1v) is 6.76. The maximum atomic E-state index is 12.9. The fourth-order valence-electron chi connectivity index (χ4n) is 2.06. The third kappa shape index (κ3) is 2.78. The molecule has 0 aromatic heterocycles. The molecule has 24 heavy (non-hydrogen) atoms. The van der Waals surface area contributed by atoms with Crippen LogP contribution in [-0.2, 0) is 10.4 Å². The number of hydrogen-bond donors (Lipinski definition) is 0. The van der Waals surface area contributed by atoms with E-state index in [1.807, 2.05) is 0 Å². The van der Waals surface area contributed by atoms with E-state index in [2.05, 4.69) is 15.0 Å². The maximum Gasteiger partial charge on any atom is 0.442 e. The normalized spacial score (nSPS) is 15.0. The molecule has 122 valence electrons. The van der Waals surface area contributed by atoms with Crippen LogP contribution in [-0.4, -0.2) is 18.1 Å². The molecule has 8 heteroatoms. The number of carbonyl (C=O) groups is 2. The molecule has 0 amide bonds. The van der Waals surface area contributed by atoms with Gasteiger partial charge in [0.1, 0.15) is 0 Å². The number of ether oxygens (including phenoxy) is 1. The van der Waals surface area contributed by atoms with Gasteiger partial charge < -0.3 is 4.74 Å². The predicted octanol–water partition coefficient (Wildman–Crippen LogP) is 3.86. The van der Waals surface area contributed by atoms with Gasteiger partial charge in [0.15, 0.2) is 0 Å². The zero-order valence-corrected chi connectivity index (χ0v) is 11.9. The summed E-state index contributed by atoms with van der Waals surface area (Å²) in [6.45, 7) is 0. The molecule has 0 saturated carbocycles. The van der Waals surface area contributed by atoms with Crippen LogP contribution >= 0.6 is 0 Å². The van der Waals surface area contributed by atoms with Crippen molar-refractivity contribution < 1.29 is 27.5 Å². The van der Waals surface area contributed by atoms with Crippen molar-refractivity contribution in [2.24, 2.45) is 10.2 Å². The summed E-state index contributed by atoms with van der Waals surface area (Å²) in [5.74, 6) is -1.80. The molecule has 2 aromatic rings. The van der Waals surface area contributed by atoms with Crippen LogP contribution < -0.4 is 0 Å². The highest BCUT2D eigenvalue weighted by atomic mass is 19.4. The quantitative estimate of drug-likeness (QED) is 0.632. The SMILES string of the molecule is O=C(OC(=O)c1ccc(C2(C(F)(F)F)N=N2)cc1)c1ccccc1. The van der Waals surface area contributed by atoms with Crippen molar-refractivity contribution in [3.05, 3.63) is 71.3 Å². The average Bonchev–Trinajstić information content (AvgIpc) is 3.37. The summed E-state index contributed by atoms with van der Waals surface area (Å²) in [5.41, 5.74) is -2.62. The number of nitrogens with zero attached hydrogens (tertiary/aromatic N) is 2. The summed E-state index contributed by atoms with van der Waals surface area (Å²) in [4.78, 5) is 23.7. The van der Waals surface area contributed by atoms with Crippen molar-refractivity contribution in [1.82, 2.24) is 0 Å². The molecular weight excluding hydrogens is 325 g/mol. The Morgan fingerprint density at radius 3 is 1.79 bits per heavy atom. The highest BCUT2D eigenvalue weighted by Crippen LogP contribution is 2.52. The minimum atomic E-state index is -4.64. The Hall–Kier alpha value is -3.03. The van der Waals surface area contributed by atoms with E-state index in [-0.39, 0.29) is 16.7 Å². The van der Waals surface area contributed by atoms with E-state index in [9.17, 15) is 22.8 Å². The Kier molecular flexibility index (Phi) is 3.67. The monoisotopic (exact) mass is 334 g/mol. The lowest BCUT2D eigenvalue weighted by molar-refractivity contribution is -0.166. The molecule has 0 fully saturated rings. The second-order valence-electron chi connectivity index (χ2n) is 4.99. The van der Waals surface area contributed by atoms with Gasteiger partial charge in [-0.05, 0) is 24.3 Å². The number of carbonyl (C=O) groups excluding carboxylic acids is 2. The van der Waals surface area contributed by atoms with Gasteiger partial charge in [-0.1, -0.05) is 30.3 Å². The zero-order chi connectivity index (χ0) is 17.4. The van der Waals surface area contributed by atoms with Crippen LogP contribution in [0.2, 0.25) is 0 Å². The van der Waals surface area contributed by atoms with E-state index in [1.165, 1.54) is 12.1 Å². The molecule has 3 rings (SSSR count). The topological polar surface area (TPSA) is 68.1 Å². The summed E-state index contributed by atoms with van der Waals surface area (Å²) in [7, 11) is 0. The molecule has 0 spiro atoms. The summed E-state index contributed by atoms with van der Waals surface area (Å²) in [6.07, 6.45) is -4.64. The third-order valence-electron chi connectivity index (χ3n) is 3.41. The summed E-state index contributed by atoms with van der Waals surface area (Å²) < 4.78 is 43.3. The fourth-order valence-corrected chi connectivity index (χ4v) is 2.06. The van der Waals surface area contributed by atoms with E-state index in [4.69, 9.17) is 0 Å². The van der Waals surface area contributed by atoms with Gasteiger partial charge in [-0.15, -0.1) is 10.2 Å². The second-order valence-corrected chi connectivity index (χ2v) is 4.99. The van der Waals surface area contributed by atoms with Crippen LogP contribution in [0.5, 0.6) is 0 Å². The molecule has 0 atom stereocenters. The van der Waals surface area contributed by atoms with Crippen molar-refractivity contribution >= 4 is 11.9 Å². The molecule has 5 nitrogen and oxygen atoms in total. The molecule has 0 N–H and O–H groups in total. The van der Waals surface area contributed by atoms with Crippen molar-refractivity contribution in [2.45, 2.75) is 11.8 Å². The Bertz CT molecular complexity index is 809. The molecule has 0 saturated heterocycles. The Morgan fingerprint density at radius 2 is 1.33 bits per heavy atom. The van der Waals surface area contributed by atoms with Crippen LogP contribution in [0.15, 0.2) is 64.8 Å². The minimum absolute atomic E-state index is 0.0546. The molecule has 0 radical (unpaired) electrons. The molecule has 1 aliphatic heterocycles. The van der Waals surface area contributed by atoms with Gasteiger partial charge in [-0.3, -0.25) is 0 Å². The third-order valence-corrected chi connectivity index (χ3v) is 3.41. The standard InChI is InChI=1S/C16H9F3N2O3/c17-16(18,19)15(20-21-15)12-8-6-11(7-9-12)14(23)24-13(22)10-4-2-1-3-5-10/h1-9H. The minimum Gasteiger partial charge on any atom is -0.386 e. The smallest absolute Gasteiger partial charge is 0.386 e. The summed E-state index contributed by atoms with van der Waals surface area (Å²) in [5, 5.41) is 6.14. The van der Waals surface area contributed by atoms with Crippen LogP contribution in [0.4, 0.5) is 13.2 Å². The molecule has 1 heterocycles. The summed E-state index contributed by atoms with van der Waals surface area (Å²) in [6, 6.07) is 12.3. The lowest BCUT2D eigenvalue weighted by atomic mass is 10.0. The molecular formula is C16H9F3N2O3. The maximum absolute atomic E-state index is 12.9. The highest BCUT2D eigenvalue weighted by molar-refractivity contribution is 6.02. The first-order chi connectivity index (χ1) is 11.3. The van der Waals surface area contributed by atoms with Crippen molar-refractivity contribution in [1.29, 1.82) is 0 Å². The number of benzene rings is 2. The lowest BCUT2D eigenvalue weighted by Crippen LogP contribution is -2.30. The fraction of sp³-hybridized carbons (Fsp3) is 0.125. The zero-order valence-electron chi connectivity index (χ0n) is 11.9. The Morgan fingerprint density at radius 1 is 0.833 bits per heavy atom. The number of alkyl halides is 3.